The van der Waals surface area contributed by atoms with Gasteiger partial charge in [-0.15, -0.1) is 24.8 Å². The van der Waals surface area contributed by atoms with Crippen molar-refractivity contribution in [2.75, 3.05) is 12.8 Å². The number of benzene rings is 1. The van der Waals surface area contributed by atoms with Gasteiger partial charge in [-0.3, -0.25) is 4.98 Å². The summed E-state index contributed by atoms with van der Waals surface area (Å²) in [4.78, 5) is 4.18. The number of ether oxygens (including phenoxy) is 1. The van der Waals surface area contributed by atoms with E-state index in [1.54, 1.807) is 13.3 Å². The van der Waals surface area contributed by atoms with Gasteiger partial charge in [-0.2, -0.15) is 0 Å². The van der Waals surface area contributed by atoms with E-state index < -0.39 is 0 Å². The summed E-state index contributed by atoms with van der Waals surface area (Å²) in [5, 5.41) is 1.03. The van der Waals surface area contributed by atoms with Crippen molar-refractivity contribution >= 4 is 41.4 Å². The van der Waals surface area contributed by atoms with Crippen LogP contribution in [0.4, 0.5) is 5.69 Å². The Morgan fingerprint density at radius 3 is 2.60 bits per heavy atom. The van der Waals surface area contributed by atoms with Crippen LogP contribution in [0.15, 0.2) is 30.5 Å². The fourth-order valence-corrected chi connectivity index (χ4v) is 1.25. The molecule has 0 amide bonds. The predicted molar refractivity (Wildman–Crippen MR) is 67.2 cm³/mol. The Bertz CT molecular complexity index is 448. The lowest BCUT2D eigenvalue weighted by Gasteiger charge is -2.01. The number of aromatic nitrogens is 1. The molecule has 2 N–H and O–H groups in total. The molecule has 0 bridgehead atoms. The van der Waals surface area contributed by atoms with Crippen molar-refractivity contribution in [2.24, 2.45) is 0 Å². The van der Waals surface area contributed by atoms with Gasteiger partial charge in [0.05, 0.1) is 24.5 Å². The SMILES string of the molecule is COc1ccc2cc(N)cnc2c1.Cl.Cl. The molecule has 3 nitrogen and oxygen atoms in total. The van der Waals surface area contributed by atoms with Gasteiger partial charge in [0.15, 0.2) is 0 Å². The molecule has 0 aliphatic carbocycles. The highest BCUT2D eigenvalue weighted by Gasteiger charge is 1.97. The van der Waals surface area contributed by atoms with E-state index in [1.807, 2.05) is 24.3 Å². The number of methoxy groups -OCH3 is 1. The van der Waals surface area contributed by atoms with Gasteiger partial charge < -0.3 is 10.5 Å². The van der Waals surface area contributed by atoms with Crippen molar-refractivity contribution in [2.45, 2.75) is 0 Å². The number of fused-ring (bicyclic) bond motifs is 1. The van der Waals surface area contributed by atoms with Crippen LogP contribution < -0.4 is 10.5 Å². The molecule has 2 aromatic rings. The molecule has 0 fully saturated rings. The number of halogens is 2. The maximum Gasteiger partial charge on any atom is 0.121 e. The first kappa shape index (κ1) is 13.8. The lowest BCUT2D eigenvalue weighted by molar-refractivity contribution is 0.415. The first-order chi connectivity index (χ1) is 6.29. The van der Waals surface area contributed by atoms with Crippen molar-refractivity contribution < 1.29 is 4.74 Å². The number of nitrogens with zero attached hydrogens (tertiary/aromatic N) is 1. The lowest BCUT2D eigenvalue weighted by atomic mass is 10.2. The average molecular weight is 247 g/mol. The molecule has 15 heavy (non-hydrogen) atoms. The smallest absolute Gasteiger partial charge is 0.121 e. The van der Waals surface area contributed by atoms with Crippen LogP contribution in [0.3, 0.4) is 0 Å². The number of hydrogen-bond donors (Lipinski definition) is 1. The molecule has 0 spiro atoms. The number of rotatable bonds is 1. The van der Waals surface area contributed by atoms with E-state index in [-0.39, 0.29) is 24.8 Å². The molecule has 0 saturated heterocycles. The molecule has 2 rings (SSSR count). The molecule has 1 heterocycles. The standard InChI is InChI=1S/C10H10N2O.2ClH/c1-13-9-3-2-7-4-8(11)6-12-10(7)5-9;;/h2-6H,11H2,1H3;2*1H. The van der Waals surface area contributed by atoms with Crippen LogP contribution in [0.5, 0.6) is 5.75 Å². The Morgan fingerprint density at radius 2 is 1.93 bits per heavy atom. The second kappa shape index (κ2) is 5.63. The van der Waals surface area contributed by atoms with Crippen LogP contribution in [0, 0.1) is 0 Å². The van der Waals surface area contributed by atoms with Crippen molar-refractivity contribution in [3.8, 4) is 5.75 Å². The quantitative estimate of drug-likeness (QED) is 0.842. The van der Waals surface area contributed by atoms with Crippen molar-refractivity contribution in [3.05, 3.63) is 30.5 Å². The number of anilines is 1. The molecule has 1 aromatic heterocycles. The zero-order valence-corrected chi connectivity index (χ0v) is 9.77. The summed E-state index contributed by atoms with van der Waals surface area (Å²) in [5.74, 6) is 0.810. The second-order valence-electron chi connectivity index (χ2n) is 2.83. The highest BCUT2D eigenvalue weighted by atomic mass is 35.5. The van der Waals surface area contributed by atoms with Crippen molar-refractivity contribution in [1.82, 2.24) is 4.98 Å². The molecule has 0 saturated carbocycles. The van der Waals surface area contributed by atoms with Crippen LogP contribution in [0.2, 0.25) is 0 Å². The lowest BCUT2D eigenvalue weighted by Crippen LogP contribution is -1.88. The van der Waals surface area contributed by atoms with Crippen LogP contribution in [-0.2, 0) is 0 Å². The van der Waals surface area contributed by atoms with E-state index in [0.717, 1.165) is 16.7 Å². The molecule has 1 aromatic carbocycles. The van der Waals surface area contributed by atoms with E-state index >= 15 is 0 Å². The van der Waals surface area contributed by atoms with E-state index in [9.17, 15) is 0 Å². The first-order valence-corrected chi connectivity index (χ1v) is 3.99. The minimum atomic E-state index is 0. The normalized spacial score (nSPS) is 8.87. The number of hydrogen-bond acceptors (Lipinski definition) is 3. The first-order valence-electron chi connectivity index (χ1n) is 3.99. The van der Waals surface area contributed by atoms with Crippen molar-refractivity contribution in [1.29, 1.82) is 0 Å². The van der Waals surface area contributed by atoms with Crippen LogP contribution in [-0.4, -0.2) is 12.1 Å². The molecule has 82 valence electrons. The van der Waals surface area contributed by atoms with Crippen molar-refractivity contribution in [3.63, 3.8) is 0 Å². The third-order valence-corrected chi connectivity index (χ3v) is 1.91. The zero-order valence-electron chi connectivity index (χ0n) is 8.14. The van der Waals surface area contributed by atoms with Gasteiger partial charge >= 0.3 is 0 Å². The van der Waals surface area contributed by atoms with Crippen LogP contribution in [0.1, 0.15) is 0 Å². The zero-order chi connectivity index (χ0) is 9.26. The van der Waals surface area contributed by atoms with Gasteiger partial charge in [0.2, 0.25) is 0 Å². The van der Waals surface area contributed by atoms with E-state index in [2.05, 4.69) is 4.98 Å². The third-order valence-electron chi connectivity index (χ3n) is 1.91. The summed E-state index contributed by atoms with van der Waals surface area (Å²) >= 11 is 0. The van der Waals surface area contributed by atoms with Gasteiger partial charge in [-0.05, 0) is 18.2 Å². The maximum absolute atomic E-state index is 5.60. The summed E-state index contributed by atoms with van der Waals surface area (Å²) in [6.07, 6.45) is 1.64. The monoisotopic (exact) mass is 246 g/mol. The molecular weight excluding hydrogens is 235 g/mol. The fraction of sp³-hybridized carbons (Fsp3) is 0.100. The highest BCUT2D eigenvalue weighted by Crippen LogP contribution is 2.19. The molecular formula is C10H12Cl2N2O. The summed E-state index contributed by atoms with van der Waals surface area (Å²) in [5.41, 5.74) is 7.18. The Morgan fingerprint density at radius 1 is 1.20 bits per heavy atom. The summed E-state index contributed by atoms with van der Waals surface area (Å²) in [6, 6.07) is 7.61. The van der Waals surface area contributed by atoms with E-state index in [0.29, 0.717) is 5.69 Å². The minimum Gasteiger partial charge on any atom is -0.497 e. The Kier molecular flexibility index (Phi) is 5.19. The highest BCUT2D eigenvalue weighted by molar-refractivity contribution is 5.85. The second-order valence-corrected chi connectivity index (χ2v) is 2.83. The molecule has 0 unspecified atom stereocenters. The van der Waals surface area contributed by atoms with Gasteiger partial charge in [0.25, 0.3) is 0 Å². The molecule has 0 aliphatic heterocycles. The van der Waals surface area contributed by atoms with E-state index in [1.165, 1.54) is 0 Å². The number of nitrogens with two attached hydrogens (primary N) is 1. The van der Waals surface area contributed by atoms with Crippen LogP contribution >= 0.6 is 24.8 Å². The third kappa shape index (κ3) is 2.88. The molecule has 5 heteroatoms. The van der Waals surface area contributed by atoms with Gasteiger partial charge in [0, 0.05) is 11.5 Å². The number of nitrogen functional groups attached to an aromatic ring is 1. The summed E-state index contributed by atoms with van der Waals surface area (Å²) < 4.78 is 5.08. The topological polar surface area (TPSA) is 48.1 Å². The predicted octanol–water partition coefficient (Wildman–Crippen LogP) is 2.67. The van der Waals surface area contributed by atoms with Gasteiger partial charge in [0.1, 0.15) is 5.75 Å². The summed E-state index contributed by atoms with van der Waals surface area (Å²) in [6.45, 7) is 0. The summed E-state index contributed by atoms with van der Waals surface area (Å²) in [7, 11) is 1.64. The van der Waals surface area contributed by atoms with Crippen LogP contribution in [0.25, 0.3) is 10.9 Å². The van der Waals surface area contributed by atoms with E-state index in [4.69, 9.17) is 10.5 Å². The Labute approximate surface area is 100 Å². The molecule has 0 atom stereocenters. The Balaban J connectivity index is 0.000000980. The average Bonchev–Trinajstić information content (AvgIpc) is 2.17. The molecule has 0 aliphatic rings. The fourth-order valence-electron chi connectivity index (χ4n) is 1.25. The van der Waals surface area contributed by atoms with Gasteiger partial charge in [-0.25, -0.2) is 0 Å². The minimum absolute atomic E-state index is 0. The maximum atomic E-state index is 5.60. The van der Waals surface area contributed by atoms with Gasteiger partial charge in [-0.1, -0.05) is 0 Å². The number of pyridine rings is 1. The largest absolute Gasteiger partial charge is 0.497 e. The molecule has 0 radical (unpaired) electrons. The Hall–Kier alpha value is -1.19.